The van der Waals surface area contributed by atoms with Crippen LogP contribution in [0.3, 0.4) is 0 Å². The fourth-order valence-electron chi connectivity index (χ4n) is 3.39. The lowest BCUT2D eigenvalue weighted by Crippen LogP contribution is -2.19. The van der Waals surface area contributed by atoms with Crippen molar-refractivity contribution in [3.05, 3.63) is 89.1 Å². The highest BCUT2D eigenvalue weighted by Crippen LogP contribution is 2.21. The van der Waals surface area contributed by atoms with Gasteiger partial charge < -0.3 is 4.57 Å². The van der Waals surface area contributed by atoms with Gasteiger partial charge in [0.25, 0.3) is 5.91 Å². The second-order valence-corrected chi connectivity index (χ2v) is 8.31. The second-order valence-electron chi connectivity index (χ2n) is 7.37. The van der Waals surface area contributed by atoms with Gasteiger partial charge in [0.1, 0.15) is 5.82 Å². The van der Waals surface area contributed by atoms with E-state index in [1.54, 1.807) is 18.3 Å². The smallest absolute Gasteiger partial charge is 0.250 e. The van der Waals surface area contributed by atoms with Crippen LogP contribution >= 0.6 is 11.8 Å². The number of hydrogen-bond acceptors (Lipinski definition) is 5. The Hall–Kier alpha value is -3.52. The molecular weight excluding hydrogens is 425 g/mol. The number of hydrogen-bond donors (Lipinski definition) is 1. The van der Waals surface area contributed by atoms with E-state index in [9.17, 15) is 9.18 Å². The molecule has 32 heavy (non-hydrogen) atoms. The number of aromatic nitrogens is 3. The highest BCUT2D eigenvalue weighted by molar-refractivity contribution is 7.99. The lowest BCUT2D eigenvalue weighted by atomic mass is 10.2. The first-order valence-electron chi connectivity index (χ1n) is 10.1. The van der Waals surface area contributed by atoms with Gasteiger partial charge in [-0.15, -0.1) is 0 Å². The molecule has 1 N–H and O–H groups in total. The minimum Gasteiger partial charge on any atom is -0.342 e. The van der Waals surface area contributed by atoms with E-state index in [1.165, 1.54) is 23.9 Å². The van der Waals surface area contributed by atoms with Crippen molar-refractivity contribution in [2.24, 2.45) is 5.10 Å². The van der Waals surface area contributed by atoms with Crippen molar-refractivity contribution in [3.8, 4) is 0 Å². The minimum absolute atomic E-state index is 0.173. The number of benzene rings is 2. The van der Waals surface area contributed by atoms with E-state index < -0.39 is 0 Å². The summed E-state index contributed by atoms with van der Waals surface area (Å²) in [5.74, 6) is -0.312. The van der Waals surface area contributed by atoms with Crippen LogP contribution in [0.2, 0.25) is 0 Å². The number of carbonyl (C=O) groups is 1. The fourth-order valence-corrected chi connectivity index (χ4v) is 4.13. The van der Waals surface area contributed by atoms with Crippen LogP contribution in [-0.2, 0) is 11.3 Å². The molecule has 0 saturated heterocycles. The standard InChI is InChI=1S/C24H22FN5OS/c1-16-11-17(2)28-24(27-16)32-15-23(31)29-26-12-19-14-30(22-6-4-3-5-21(19)22)13-18-7-9-20(25)10-8-18/h3-12,14H,13,15H2,1-2H3,(H,29,31)/b26-12-. The van der Waals surface area contributed by atoms with E-state index in [4.69, 9.17) is 0 Å². The number of fused-ring (bicyclic) bond motifs is 1. The lowest BCUT2D eigenvalue weighted by molar-refractivity contribution is -0.118. The van der Waals surface area contributed by atoms with Gasteiger partial charge in [-0.25, -0.2) is 19.8 Å². The Bertz CT molecular complexity index is 1260. The van der Waals surface area contributed by atoms with Gasteiger partial charge in [0, 0.05) is 40.6 Å². The Morgan fingerprint density at radius 2 is 1.84 bits per heavy atom. The van der Waals surface area contributed by atoms with Crippen LogP contribution in [0.4, 0.5) is 4.39 Å². The molecule has 0 bridgehead atoms. The SMILES string of the molecule is Cc1cc(C)nc(SCC(=O)N/N=C\c2cn(Cc3ccc(F)cc3)c3ccccc23)n1. The average molecular weight is 448 g/mol. The molecule has 2 heterocycles. The van der Waals surface area contributed by atoms with Crippen molar-refractivity contribution in [1.29, 1.82) is 0 Å². The summed E-state index contributed by atoms with van der Waals surface area (Å²) in [7, 11) is 0. The molecule has 6 nitrogen and oxygen atoms in total. The highest BCUT2D eigenvalue weighted by Gasteiger charge is 2.08. The van der Waals surface area contributed by atoms with Gasteiger partial charge in [0.15, 0.2) is 5.16 Å². The van der Waals surface area contributed by atoms with Crippen LogP contribution in [0.25, 0.3) is 10.9 Å². The van der Waals surface area contributed by atoms with Crippen molar-refractivity contribution in [2.45, 2.75) is 25.5 Å². The van der Waals surface area contributed by atoms with Crippen molar-refractivity contribution in [3.63, 3.8) is 0 Å². The zero-order valence-electron chi connectivity index (χ0n) is 17.7. The van der Waals surface area contributed by atoms with Crippen LogP contribution in [0, 0.1) is 19.7 Å². The minimum atomic E-state index is -0.253. The maximum absolute atomic E-state index is 13.2. The predicted molar refractivity (Wildman–Crippen MR) is 125 cm³/mol. The third-order valence-electron chi connectivity index (χ3n) is 4.77. The molecule has 4 rings (SSSR count). The summed E-state index contributed by atoms with van der Waals surface area (Å²) in [6.45, 7) is 4.40. The molecule has 1 amide bonds. The molecular formula is C24H22FN5OS. The molecule has 162 valence electrons. The van der Waals surface area contributed by atoms with E-state index in [0.29, 0.717) is 11.7 Å². The molecule has 0 aliphatic carbocycles. The Labute approximate surface area is 189 Å². The number of halogens is 1. The topological polar surface area (TPSA) is 72.2 Å². The van der Waals surface area contributed by atoms with Crippen LogP contribution in [-0.4, -0.2) is 32.4 Å². The largest absolute Gasteiger partial charge is 0.342 e. The van der Waals surface area contributed by atoms with Crippen molar-refractivity contribution in [1.82, 2.24) is 20.0 Å². The number of aryl methyl sites for hydroxylation is 2. The third kappa shape index (κ3) is 5.39. The van der Waals surface area contributed by atoms with E-state index in [-0.39, 0.29) is 17.5 Å². The van der Waals surface area contributed by atoms with Gasteiger partial charge in [-0.3, -0.25) is 4.79 Å². The van der Waals surface area contributed by atoms with Crippen LogP contribution in [0.5, 0.6) is 0 Å². The number of nitrogens with zero attached hydrogens (tertiary/aromatic N) is 4. The van der Waals surface area contributed by atoms with Crippen LogP contribution in [0.1, 0.15) is 22.5 Å². The molecule has 0 aliphatic rings. The molecule has 0 saturated carbocycles. The first-order chi connectivity index (χ1) is 15.5. The van der Waals surface area contributed by atoms with Gasteiger partial charge in [-0.05, 0) is 43.7 Å². The second kappa shape index (κ2) is 9.74. The monoisotopic (exact) mass is 447 g/mol. The molecule has 0 atom stereocenters. The van der Waals surface area contributed by atoms with Gasteiger partial charge in [-0.1, -0.05) is 42.1 Å². The van der Waals surface area contributed by atoms with E-state index in [1.807, 2.05) is 50.4 Å². The molecule has 4 aromatic rings. The summed E-state index contributed by atoms with van der Waals surface area (Å²) in [6.07, 6.45) is 3.61. The van der Waals surface area contributed by atoms with Crippen LogP contribution < -0.4 is 5.43 Å². The predicted octanol–water partition coefficient (Wildman–Crippen LogP) is 4.48. The van der Waals surface area contributed by atoms with Crippen molar-refractivity contribution in [2.75, 3.05) is 5.75 Å². The van der Waals surface area contributed by atoms with Crippen LogP contribution in [0.15, 0.2) is 71.1 Å². The molecule has 8 heteroatoms. The lowest BCUT2D eigenvalue weighted by Gasteiger charge is -2.05. The summed E-state index contributed by atoms with van der Waals surface area (Å²) in [4.78, 5) is 20.8. The Morgan fingerprint density at radius 3 is 2.59 bits per heavy atom. The summed E-state index contributed by atoms with van der Waals surface area (Å²) in [6, 6.07) is 16.3. The maximum atomic E-state index is 13.2. The van der Waals surface area contributed by atoms with Crippen molar-refractivity contribution < 1.29 is 9.18 Å². The summed E-state index contributed by atoms with van der Waals surface area (Å²) < 4.78 is 15.3. The Morgan fingerprint density at radius 1 is 1.12 bits per heavy atom. The van der Waals surface area contributed by atoms with E-state index in [2.05, 4.69) is 25.1 Å². The van der Waals surface area contributed by atoms with Gasteiger partial charge in [0.2, 0.25) is 0 Å². The van der Waals surface area contributed by atoms with Gasteiger partial charge in [0.05, 0.1) is 12.0 Å². The van der Waals surface area contributed by atoms with E-state index >= 15 is 0 Å². The zero-order chi connectivity index (χ0) is 22.5. The number of amides is 1. The Kier molecular flexibility index (Phi) is 6.61. The molecule has 0 radical (unpaired) electrons. The normalized spacial score (nSPS) is 11.3. The zero-order valence-corrected chi connectivity index (χ0v) is 18.6. The number of rotatable bonds is 7. The third-order valence-corrected chi connectivity index (χ3v) is 5.62. The number of hydrazone groups is 1. The quantitative estimate of drug-likeness (QED) is 0.196. The van der Waals surface area contributed by atoms with Crippen molar-refractivity contribution >= 4 is 34.8 Å². The highest BCUT2D eigenvalue weighted by atomic mass is 32.2. The maximum Gasteiger partial charge on any atom is 0.250 e. The molecule has 0 spiro atoms. The van der Waals surface area contributed by atoms with Gasteiger partial charge in [-0.2, -0.15) is 5.10 Å². The summed E-state index contributed by atoms with van der Waals surface area (Å²) in [5, 5.41) is 5.72. The molecule has 2 aromatic heterocycles. The summed E-state index contributed by atoms with van der Waals surface area (Å²) >= 11 is 1.27. The first-order valence-corrected chi connectivity index (χ1v) is 11.1. The molecule has 0 unspecified atom stereocenters. The number of thioether (sulfide) groups is 1. The first kappa shape index (κ1) is 21.7. The number of carbonyl (C=O) groups excluding carboxylic acids is 1. The average Bonchev–Trinajstić information content (AvgIpc) is 3.11. The number of para-hydroxylation sites is 1. The Balaban J connectivity index is 1.43. The van der Waals surface area contributed by atoms with E-state index in [0.717, 1.165) is 33.4 Å². The molecule has 0 fully saturated rings. The fraction of sp³-hybridized carbons (Fsp3) is 0.167. The number of nitrogens with one attached hydrogen (secondary N) is 1. The molecule has 2 aromatic carbocycles. The summed E-state index contributed by atoms with van der Waals surface area (Å²) in [5.41, 5.74) is 7.22. The molecule has 0 aliphatic heterocycles. The van der Waals surface area contributed by atoms with Gasteiger partial charge >= 0.3 is 0 Å².